The number of carbonyl (C=O) groups is 1. The van der Waals surface area contributed by atoms with E-state index < -0.39 is 0 Å². The number of carbonyl (C=O) groups excluding carboxylic acids is 1. The van der Waals surface area contributed by atoms with Gasteiger partial charge in [0, 0.05) is 37.6 Å². The van der Waals surface area contributed by atoms with Crippen LogP contribution in [0.25, 0.3) is 0 Å². The molecule has 1 aliphatic rings. The second-order valence-corrected chi connectivity index (χ2v) is 4.49. The maximum absolute atomic E-state index is 10.7. The average molecular weight is 233 g/mol. The molecule has 1 unspecified atom stereocenters. The minimum absolute atomic E-state index is 0.0311. The zero-order chi connectivity index (χ0) is 12.3. The van der Waals surface area contributed by atoms with E-state index in [2.05, 4.69) is 9.80 Å². The number of hydrogen-bond donors (Lipinski definition) is 1. The molecule has 2 N–H and O–H groups in total. The second-order valence-electron chi connectivity index (χ2n) is 4.49. The predicted molar refractivity (Wildman–Crippen MR) is 70.2 cm³/mol. The lowest BCUT2D eigenvalue weighted by Gasteiger charge is -2.37. The van der Waals surface area contributed by atoms with E-state index in [1.165, 1.54) is 5.69 Å². The van der Waals surface area contributed by atoms with Gasteiger partial charge in [-0.25, -0.2) is 0 Å². The van der Waals surface area contributed by atoms with Gasteiger partial charge in [0.15, 0.2) is 0 Å². The molecule has 2 rings (SSSR count). The number of anilines is 2. The molecular weight excluding hydrogens is 214 g/mol. The van der Waals surface area contributed by atoms with Crippen LogP contribution in [0.3, 0.4) is 0 Å². The van der Waals surface area contributed by atoms with Crippen molar-refractivity contribution in [1.82, 2.24) is 4.90 Å². The van der Waals surface area contributed by atoms with Crippen molar-refractivity contribution in [2.45, 2.75) is 13.0 Å². The van der Waals surface area contributed by atoms with Gasteiger partial charge in [-0.3, -0.25) is 4.90 Å². The zero-order valence-electron chi connectivity index (χ0n) is 10.2. The van der Waals surface area contributed by atoms with Crippen LogP contribution in [0.15, 0.2) is 24.3 Å². The number of nitrogens with zero attached hydrogens (tertiary/aromatic N) is 2. The topological polar surface area (TPSA) is 49.6 Å². The van der Waals surface area contributed by atoms with Crippen molar-refractivity contribution in [3.63, 3.8) is 0 Å². The number of benzene rings is 1. The van der Waals surface area contributed by atoms with Crippen molar-refractivity contribution in [3.8, 4) is 0 Å². The van der Waals surface area contributed by atoms with Crippen LogP contribution in [-0.4, -0.2) is 43.4 Å². The molecule has 1 heterocycles. The van der Waals surface area contributed by atoms with Gasteiger partial charge in [-0.15, -0.1) is 0 Å². The summed E-state index contributed by atoms with van der Waals surface area (Å²) >= 11 is 0. The number of hydrogen-bond acceptors (Lipinski definition) is 4. The average Bonchev–Trinajstić information content (AvgIpc) is 2.39. The Balaban J connectivity index is 1.95. The van der Waals surface area contributed by atoms with Crippen molar-refractivity contribution in [3.05, 3.63) is 24.3 Å². The van der Waals surface area contributed by atoms with Crippen molar-refractivity contribution >= 4 is 17.7 Å². The molecule has 1 aromatic carbocycles. The maximum atomic E-state index is 10.7. The quantitative estimate of drug-likeness (QED) is 0.624. The normalized spacial score (nSPS) is 19.0. The Labute approximate surface area is 102 Å². The van der Waals surface area contributed by atoms with Gasteiger partial charge in [0.1, 0.15) is 6.29 Å². The molecule has 0 radical (unpaired) electrons. The van der Waals surface area contributed by atoms with E-state index in [0.29, 0.717) is 0 Å². The predicted octanol–water partition coefficient (Wildman–Crippen LogP) is 0.978. The summed E-state index contributed by atoms with van der Waals surface area (Å²) in [6, 6.07) is 7.98. The third-order valence-electron chi connectivity index (χ3n) is 3.35. The number of nitrogen functional groups attached to an aromatic ring is 1. The summed E-state index contributed by atoms with van der Waals surface area (Å²) < 4.78 is 0. The SMILES string of the molecule is CC(C=O)N1CCN(c2ccc(N)cc2)CC1. The summed E-state index contributed by atoms with van der Waals surface area (Å²) in [6.45, 7) is 5.74. The lowest BCUT2D eigenvalue weighted by Crippen LogP contribution is -2.50. The summed E-state index contributed by atoms with van der Waals surface area (Å²) in [5.41, 5.74) is 7.67. The van der Waals surface area contributed by atoms with Gasteiger partial charge in [-0.1, -0.05) is 0 Å². The van der Waals surface area contributed by atoms with Gasteiger partial charge in [0.2, 0.25) is 0 Å². The van der Waals surface area contributed by atoms with Crippen molar-refractivity contribution < 1.29 is 4.79 Å². The van der Waals surface area contributed by atoms with E-state index in [1.807, 2.05) is 31.2 Å². The highest BCUT2D eigenvalue weighted by Crippen LogP contribution is 2.18. The van der Waals surface area contributed by atoms with Gasteiger partial charge in [0.25, 0.3) is 0 Å². The lowest BCUT2D eigenvalue weighted by atomic mass is 10.2. The molecule has 1 fully saturated rings. The minimum Gasteiger partial charge on any atom is -0.399 e. The largest absolute Gasteiger partial charge is 0.399 e. The summed E-state index contributed by atoms with van der Waals surface area (Å²) in [5, 5.41) is 0. The van der Waals surface area contributed by atoms with Crippen LogP contribution in [-0.2, 0) is 4.79 Å². The fourth-order valence-electron chi connectivity index (χ4n) is 2.16. The highest BCUT2D eigenvalue weighted by molar-refractivity contribution is 5.57. The van der Waals surface area contributed by atoms with E-state index in [-0.39, 0.29) is 6.04 Å². The first-order chi connectivity index (χ1) is 8.20. The molecular formula is C13H19N3O. The molecule has 92 valence electrons. The molecule has 1 atom stereocenters. The molecule has 1 aliphatic heterocycles. The molecule has 0 aromatic heterocycles. The number of piperazine rings is 1. The molecule has 4 heteroatoms. The number of nitrogens with two attached hydrogens (primary N) is 1. The number of rotatable bonds is 3. The van der Waals surface area contributed by atoms with E-state index in [1.54, 1.807) is 0 Å². The van der Waals surface area contributed by atoms with Crippen molar-refractivity contribution in [2.75, 3.05) is 36.8 Å². The Bertz CT molecular complexity index is 369. The minimum atomic E-state index is 0.0311. The number of aldehydes is 1. The Kier molecular flexibility index (Phi) is 3.64. The summed E-state index contributed by atoms with van der Waals surface area (Å²) in [4.78, 5) is 15.3. The van der Waals surface area contributed by atoms with Crippen molar-refractivity contribution in [1.29, 1.82) is 0 Å². The summed E-state index contributed by atoms with van der Waals surface area (Å²) in [7, 11) is 0. The molecule has 17 heavy (non-hydrogen) atoms. The fourth-order valence-corrected chi connectivity index (χ4v) is 2.16. The first kappa shape index (κ1) is 11.9. The van der Waals surface area contributed by atoms with E-state index in [0.717, 1.165) is 38.2 Å². The Morgan fingerprint density at radius 2 is 1.76 bits per heavy atom. The highest BCUT2D eigenvalue weighted by Gasteiger charge is 2.20. The zero-order valence-corrected chi connectivity index (χ0v) is 10.2. The summed E-state index contributed by atoms with van der Waals surface area (Å²) in [5.74, 6) is 0. The van der Waals surface area contributed by atoms with Gasteiger partial charge in [-0.05, 0) is 31.2 Å². The van der Waals surface area contributed by atoms with Gasteiger partial charge >= 0.3 is 0 Å². The standard InChI is InChI=1S/C13H19N3O/c1-11(10-17)15-6-8-16(9-7-15)13-4-2-12(14)3-5-13/h2-5,10-11H,6-9,14H2,1H3. The van der Waals surface area contributed by atoms with Gasteiger partial charge < -0.3 is 15.4 Å². The Hall–Kier alpha value is -1.55. The third kappa shape index (κ3) is 2.77. The molecule has 1 saturated heterocycles. The van der Waals surface area contributed by atoms with Gasteiger partial charge in [-0.2, -0.15) is 0 Å². The smallest absolute Gasteiger partial charge is 0.136 e. The Morgan fingerprint density at radius 3 is 2.29 bits per heavy atom. The first-order valence-corrected chi connectivity index (χ1v) is 6.00. The molecule has 0 aliphatic carbocycles. The lowest BCUT2D eigenvalue weighted by molar-refractivity contribution is -0.112. The monoisotopic (exact) mass is 233 g/mol. The molecule has 0 bridgehead atoms. The van der Waals surface area contributed by atoms with Crippen LogP contribution in [0.4, 0.5) is 11.4 Å². The molecule has 0 spiro atoms. The highest BCUT2D eigenvalue weighted by atomic mass is 16.1. The van der Waals surface area contributed by atoms with Crippen LogP contribution in [0.2, 0.25) is 0 Å². The van der Waals surface area contributed by atoms with E-state index in [4.69, 9.17) is 5.73 Å². The first-order valence-electron chi connectivity index (χ1n) is 6.00. The molecule has 4 nitrogen and oxygen atoms in total. The van der Waals surface area contributed by atoms with Crippen LogP contribution in [0, 0.1) is 0 Å². The van der Waals surface area contributed by atoms with Crippen LogP contribution >= 0.6 is 0 Å². The molecule has 0 amide bonds. The maximum Gasteiger partial charge on any atom is 0.136 e. The fraction of sp³-hybridized carbons (Fsp3) is 0.462. The van der Waals surface area contributed by atoms with Crippen LogP contribution < -0.4 is 10.6 Å². The summed E-state index contributed by atoms with van der Waals surface area (Å²) in [6.07, 6.45) is 1.01. The van der Waals surface area contributed by atoms with E-state index in [9.17, 15) is 4.79 Å². The van der Waals surface area contributed by atoms with E-state index >= 15 is 0 Å². The Morgan fingerprint density at radius 1 is 1.18 bits per heavy atom. The second kappa shape index (κ2) is 5.19. The van der Waals surface area contributed by atoms with Gasteiger partial charge in [0.05, 0.1) is 6.04 Å². The molecule has 1 aromatic rings. The van der Waals surface area contributed by atoms with Crippen LogP contribution in [0.1, 0.15) is 6.92 Å². The third-order valence-corrected chi connectivity index (χ3v) is 3.35. The van der Waals surface area contributed by atoms with Crippen molar-refractivity contribution in [2.24, 2.45) is 0 Å². The molecule has 0 saturated carbocycles. The van der Waals surface area contributed by atoms with Crippen LogP contribution in [0.5, 0.6) is 0 Å².